The first-order valence-corrected chi connectivity index (χ1v) is 6.55. The van der Waals surface area contributed by atoms with Gasteiger partial charge in [0, 0.05) is 24.3 Å². The Kier molecular flexibility index (Phi) is 4.16. The van der Waals surface area contributed by atoms with Crippen molar-refractivity contribution in [2.24, 2.45) is 5.73 Å². The van der Waals surface area contributed by atoms with Gasteiger partial charge in [0.15, 0.2) is 0 Å². The van der Waals surface area contributed by atoms with Crippen LogP contribution in [0.1, 0.15) is 26.2 Å². The van der Waals surface area contributed by atoms with Gasteiger partial charge in [-0.1, -0.05) is 6.07 Å². The third-order valence-corrected chi connectivity index (χ3v) is 3.16. The summed E-state index contributed by atoms with van der Waals surface area (Å²) in [5.41, 5.74) is 7.00. The molecule has 5 nitrogen and oxygen atoms in total. The van der Waals surface area contributed by atoms with Crippen LogP contribution >= 0.6 is 0 Å². The molecule has 1 atom stereocenters. The molecule has 0 aliphatic carbocycles. The molecule has 2 rings (SSSR count). The second-order valence-electron chi connectivity index (χ2n) is 4.83. The van der Waals surface area contributed by atoms with Crippen LogP contribution in [0, 0.1) is 0 Å². The summed E-state index contributed by atoms with van der Waals surface area (Å²) in [4.78, 5) is 25.2. The average molecular weight is 261 g/mol. The first-order chi connectivity index (χ1) is 9.08. The van der Waals surface area contributed by atoms with Gasteiger partial charge in [0.1, 0.15) is 0 Å². The summed E-state index contributed by atoms with van der Waals surface area (Å²) in [5.74, 6) is -0.0935. The summed E-state index contributed by atoms with van der Waals surface area (Å²) < 4.78 is 0. The summed E-state index contributed by atoms with van der Waals surface area (Å²) in [6.45, 7) is 2.37. The summed E-state index contributed by atoms with van der Waals surface area (Å²) >= 11 is 0. The van der Waals surface area contributed by atoms with Crippen molar-refractivity contribution >= 4 is 23.2 Å². The highest BCUT2D eigenvalue weighted by atomic mass is 16.2. The van der Waals surface area contributed by atoms with Crippen LogP contribution in [0.2, 0.25) is 0 Å². The number of benzene rings is 1. The van der Waals surface area contributed by atoms with Crippen LogP contribution in [0.15, 0.2) is 24.3 Å². The number of hydrogen-bond donors (Lipinski definition) is 2. The molecule has 0 aromatic heterocycles. The number of amides is 2. The van der Waals surface area contributed by atoms with E-state index >= 15 is 0 Å². The smallest absolute Gasteiger partial charge is 0.240 e. The van der Waals surface area contributed by atoms with E-state index in [-0.39, 0.29) is 11.8 Å². The minimum Gasteiger partial charge on any atom is -0.325 e. The molecule has 0 spiro atoms. The maximum absolute atomic E-state index is 11.9. The molecule has 3 N–H and O–H groups in total. The molecule has 1 saturated heterocycles. The van der Waals surface area contributed by atoms with Crippen LogP contribution in [0.25, 0.3) is 0 Å². The second kappa shape index (κ2) is 5.84. The largest absolute Gasteiger partial charge is 0.325 e. The van der Waals surface area contributed by atoms with Crippen LogP contribution in [-0.4, -0.2) is 24.4 Å². The maximum Gasteiger partial charge on any atom is 0.240 e. The lowest BCUT2D eigenvalue weighted by Crippen LogP contribution is -2.35. The lowest BCUT2D eigenvalue weighted by Gasteiger charge is -2.27. The Morgan fingerprint density at radius 2 is 2.21 bits per heavy atom. The van der Waals surface area contributed by atoms with E-state index < -0.39 is 6.04 Å². The van der Waals surface area contributed by atoms with E-state index in [1.54, 1.807) is 17.9 Å². The number of carbonyl (C=O) groups excluding carboxylic acids is 2. The van der Waals surface area contributed by atoms with E-state index in [0.717, 1.165) is 25.1 Å². The SMILES string of the molecule is CC(N)C(=O)Nc1cccc(N2CCCCC2=O)c1. The Morgan fingerprint density at radius 1 is 1.42 bits per heavy atom. The molecular formula is C14H19N3O2. The number of hydrogen-bond acceptors (Lipinski definition) is 3. The highest BCUT2D eigenvalue weighted by molar-refractivity contribution is 5.97. The van der Waals surface area contributed by atoms with E-state index in [0.29, 0.717) is 12.1 Å². The molecule has 0 radical (unpaired) electrons. The molecule has 19 heavy (non-hydrogen) atoms. The Bertz CT molecular complexity index is 485. The van der Waals surface area contributed by atoms with Gasteiger partial charge in [0.05, 0.1) is 6.04 Å². The number of anilines is 2. The minimum absolute atomic E-state index is 0.141. The monoisotopic (exact) mass is 261 g/mol. The minimum atomic E-state index is -0.555. The molecular weight excluding hydrogens is 242 g/mol. The quantitative estimate of drug-likeness (QED) is 0.865. The summed E-state index contributed by atoms with van der Waals surface area (Å²) in [7, 11) is 0. The fourth-order valence-electron chi connectivity index (χ4n) is 2.09. The van der Waals surface area contributed by atoms with Crippen molar-refractivity contribution in [3.63, 3.8) is 0 Å². The zero-order valence-electron chi connectivity index (χ0n) is 11.1. The highest BCUT2D eigenvalue weighted by Crippen LogP contribution is 2.23. The van der Waals surface area contributed by atoms with Crippen LogP contribution in [-0.2, 0) is 9.59 Å². The van der Waals surface area contributed by atoms with E-state index in [1.807, 2.05) is 18.2 Å². The zero-order chi connectivity index (χ0) is 13.8. The number of nitrogens with one attached hydrogen (secondary N) is 1. The zero-order valence-corrected chi connectivity index (χ0v) is 11.1. The van der Waals surface area contributed by atoms with Gasteiger partial charge in [-0.25, -0.2) is 0 Å². The van der Waals surface area contributed by atoms with Crippen molar-refractivity contribution in [3.8, 4) is 0 Å². The first kappa shape index (κ1) is 13.5. The first-order valence-electron chi connectivity index (χ1n) is 6.55. The van der Waals surface area contributed by atoms with Crippen LogP contribution in [0.3, 0.4) is 0 Å². The number of nitrogens with zero attached hydrogens (tertiary/aromatic N) is 1. The number of carbonyl (C=O) groups is 2. The molecule has 5 heteroatoms. The van der Waals surface area contributed by atoms with Crippen molar-refractivity contribution in [1.29, 1.82) is 0 Å². The van der Waals surface area contributed by atoms with Crippen molar-refractivity contribution in [3.05, 3.63) is 24.3 Å². The molecule has 1 aromatic rings. The highest BCUT2D eigenvalue weighted by Gasteiger charge is 2.19. The fourth-order valence-corrected chi connectivity index (χ4v) is 2.09. The lowest BCUT2D eigenvalue weighted by molar-refractivity contribution is -0.119. The Balaban J connectivity index is 2.14. The van der Waals surface area contributed by atoms with Crippen LogP contribution < -0.4 is 16.0 Å². The van der Waals surface area contributed by atoms with E-state index in [4.69, 9.17) is 5.73 Å². The molecule has 1 unspecified atom stereocenters. The van der Waals surface area contributed by atoms with Gasteiger partial charge in [0.2, 0.25) is 11.8 Å². The third kappa shape index (κ3) is 3.32. The molecule has 1 aromatic carbocycles. The molecule has 2 amide bonds. The molecule has 0 saturated carbocycles. The van der Waals surface area contributed by atoms with Gasteiger partial charge >= 0.3 is 0 Å². The van der Waals surface area contributed by atoms with Crippen molar-refractivity contribution in [2.75, 3.05) is 16.8 Å². The molecule has 102 valence electrons. The van der Waals surface area contributed by atoms with E-state index in [1.165, 1.54) is 0 Å². The number of rotatable bonds is 3. The van der Waals surface area contributed by atoms with Gasteiger partial charge < -0.3 is 16.0 Å². The maximum atomic E-state index is 11.9. The topological polar surface area (TPSA) is 75.4 Å². The van der Waals surface area contributed by atoms with Crippen molar-refractivity contribution in [2.45, 2.75) is 32.2 Å². The lowest BCUT2D eigenvalue weighted by atomic mass is 10.1. The summed E-state index contributed by atoms with van der Waals surface area (Å²) in [5, 5.41) is 2.73. The van der Waals surface area contributed by atoms with E-state index in [2.05, 4.69) is 5.32 Å². The molecule has 0 bridgehead atoms. The van der Waals surface area contributed by atoms with Gasteiger partial charge in [-0.3, -0.25) is 9.59 Å². The number of nitrogens with two attached hydrogens (primary N) is 1. The van der Waals surface area contributed by atoms with Gasteiger partial charge in [-0.2, -0.15) is 0 Å². The van der Waals surface area contributed by atoms with Gasteiger partial charge in [-0.15, -0.1) is 0 Å². The molecule has 1 heterocycles. The Labute approximate surface area is 112 Å². The Morgan fingerprint density at radius 3 is 2.89 bits per heavy atom. The predicted octanol–water partition coefficient (Wildman–Crippen LogP) is 1.49. The summed E-state index contributed by atoms with van der Waals surface area (Å²) in [6.07, 6.45) is 2.56. The normalized spacial score (nSPS) is 17.2. The van der Waals surface area contributed by atoms with Gasteiger partial charge in [-0.05, 0) is 38.0 Å². The van der Waals surface area contributed by atoms with Crippen molar-refractivity contribution in [1.82, 2.24) is 0 Å². The second-order valence-corrected chi connectivity index (χ2v) is 4.83. The van der Waals surface area contributed by atoms with Crippen LogP contribution in [0.4, 0.5) is 11.4 Å². The molecule has 1 aliphatic rings. The number of piperidine rings is 1. The standard InChI is InChI=1S/C14H19N3O2/c1-10(15)14(19)16-11-5-4-6-12(9-11)17-8-3-2-7-13(17)18/h4-6,9-10H,2-3,7-8,15H2,1H3,(H,16,19). The van der Waals surface area contributed by atoms with Crippen LogP contribution in [0.5, 0.6) is 0 Å². The fraction of sp³-hybridized carbons (Fsp3) is 0.429. The molecule has 1 aliphatic heterocycles. The van der Waals surface area contributed by atoms with E-state index in [9.17, 15) is 9.59 Å². The third-order valence-electron chi connectivity index (χ3n) is 3.16. The Hall–Kier alpha value is -1.88. The molecule has 1 fully saturated rings. The summed E-state index contributed by atoms with van der Waals surface area (Å²) in [6, 6.07) is 6.75. The average Bonchev–Trinajstić information content (AvgIpc) is 2.39. The predicted molar refractivity (Wildman–Crippen MR) is 74.9 cm³/mol. The van der Waals surface area contributed by atoms with Crippen molar-refractivity contribution < 1.29 is 9.59 Å². The van der Waals surface area contributed by atoms with Gasteiger partial charge in [0.25, 0.3) is 0 Å².